The summed E-state index contributed by atoms with van der Waals surface area (Å²) in [5, 5.41) is 3.44. The Hall–Kier alpha value is -0.880. The van der Waals surface area contributed by atoms with Crippen LogP contribution >= 0.6 is 22.6 Å². The lowest BCUT2D eigenvalue weighted by Crippen LogP contribution is -2.16. The number of aromatic amines is 1. The molecule has 0 amide bonds. The summed E-state index contributed by atoms with van der Waals surface area (Å²) < 4.78 is 1.25. The maximum absolute atomic E-state index is 4.41. The van der Waals surface area contributed by atoms with Gasteiger partial charge in [-0.2, -0.15) is 0 Å². The molecular formula is C14H16IN3. The zero-order valence-electron chi connectivity index (χ0n) is 10.1. The topological polar surface area (TPSA) is 40.7 Å². The van der Waals surface area contributed by atoms with Gasteiger partial charge in [0.2, 0.25) is 0 Å². The van der Waals surface area contributed by atoms with Crippen LogP contribution in [0.5, 0.6) is 0 Å². The minimum absolute atomic E-state index is 0.834. The van der Waals surface area contributed by atoms with Crippen LogP contribution in [0.2, 0.25) is 0 Å². The molecule has 0 atom stereocenters. The molecule has 94 valence electrons. The molecule has 0 spiro atoms. The summed E-state index contributed by atoms with van der Waals surface area (Å²) in [5.74, 6) is 1.93. The van der Waals surface area contributed by atoms with Crippen LogP contribution in [0.15, 0.2) is 30.5 Å². The van der Waals surface area contributed by atoms with E-state index >= 15 is 0 Å². The maximum atomic E-state index is 4.41. The van der Waals surface area contributed by atoms with Gasteiger partial charge < -0.3 is 10.3 Å². The van der Waals surface area contributed by atoms with Gasteiger partial charge in [-0.25, -0.2) is 4.98 Å². The monoisotopic (exact) mass is 353 g/mol. The van der Waals surface area contributed by atoms with Crippen LogP contribution in [0.3, 0.4) is 0 Å². The Kier molecular flexibility index (Phi) is 3.65. The molecular weight excluding hydrogens is 337 g/mol. The molecule has 1 aliphatic carbocycles. The lowest BCUT2D eigenvalue weighted by atomic mass is 10.2. The van der Waals surface area contributed by atoms with E-state index in [1.54, 1.807) is 0 Å². The highest BCUT2D eigenvalue weighted by molar-refractivity contribution is 14.1. The number of nitrogens with zero attached hydrogens (tertiary/aromatic N) is 1. The summed E-state index contributed by atoms with van der Waals surface area (Å²) in [4.78, 5) is 7.78. The molecule has 3 rings (SSSR count). The second-order valence-corrected chi connectivity index (χ2v) is 6.07. The minimum atomic E-state index is 0.834. The van der Waals surface area contributed by atoms with Gasteiger partial charge in [-0.05, 0) is 65.6 Å². The van der Waals surface area contributed by atoms with Crippen molar-refractivity contribution in [1.29, 1.82) is 0 Å². The van der Waals surface area contributed by atoms with Gasteiger partial charge in [-0.1, -0.05) is 12.1 Å². The standard InChI is InChI=1S/C14H16IN3/c15-12-5-3-11(4-6-12)13-8-17-14(18-13)9-16-7-10-1-2-10/h3-6,8,10,16H,1-2,7,9H2,(H,17,18). The first-order valence-electron chi connectivity index (χ1n) is 6.32. The molecule has 3 nitrogen and oxygen atoms in total. The number of benzene rings is 1. The van der Waals surface area contributed by atoms with E-state index < -0.39 is 0 Å². The molecule has 0 aliphatic heterocycles. The summed E-state index contributed by atoms with van der Waals surface area (Å²) in [6.07, 6.45) is 4.69. The van der Waals surface area contributed by atoms with Crippen LogP contribution in [-0.2, 0) is 6.54 Å². The number of nitrogens with one attached hydrogen (secondary N) is 2. The van der Waals surface area contributed by atoms with Crippen LogP contribution in [0.25, 0.3) is 11.3 Å². The molecule has 1 heterocycles. The van der Waals surface area contributed by atoms with Gasteiger partial charge in [0.25, 0.3) is 0 Å². The van der Waals surface area contributed by atoms with Gasteiger partial charge in [0.1, 0.15) is 5.82 Å². The first-order chi connectivity index (χ1) is 8.81. The predicted octanol–water partition coefficient (Wildman–Crippen LogP) is 3.18. The van der Waals surface area contributed by atoms with Crippen molar-refractivity contribution >= 4 is 22.6 Å². The normalized spacial score (nSPS) is 14.9. The number of imidazole rings is 1. The van der Waals surface area contributed by atoms with Crippen molar-refractivity contribution in [3.05, 3.63) is 39.9 Å². The van der Waals surface area contributed by atoms with E-state index in [0.29, 0.717) is 0 Å². The lowest BCUT2D eigenvalue weighted by Gasteiger charge is -2.00. The molecule has 1 aromatic heterocycles. The second kappa shape index (κ2) is 5.40. The second-order valence-electron chi connectivity index (χ2n) is 4.82. The fraction of sp³-hybridized carbons (Fsp3) is 0.357. The Labute approximate surface area is 121 Å². The summed E-state index contributed by atoms with van der Waals surface area (Å²) in [7, 11) is 0. The number of hydrogen-bond donors (Lipinski definition) is 2. The fourth-order valence-corrected chi connectivity index (χ4v) is 2.30. The molecule has 1 aliphatic rings. The average molecular weight is 353 g/mol. The van der Waals surface area contributed by atoms with Gasteiger partial charge in [0.05, 0.1) is 18.4 Å². The number of rotatable bonds is 5. The molecule has 1 fully saturated rings. The number of hydrogen-bond acceptors (Lipinski definition) is 2. The Morgan fingerprint density at radius 3 is 2.78 bits per heavy atom. The fourth-order valence-electron chi connectivity index (χ4n) is 1.95. The van der Waals surface area contributed by atoms with Crippen molar-refractivity contribution in [2.24, 2.45) is 5.92 Å². The van der Waals surface area contributed by atoms with Gasteiger partial charge in [-0.15, -0.1) is 0 Å². The van der Waals surface area contributed by atoms with Crippen LogP contribution in [0.4, 0.5) is 0 Å². The molecule has 18 heavy (non-hydrogen) atoms. The molecule has 2 N–H and O–H groups in total. The number of H-pyrrole nitrogens is 1. The molecule has 1 saturated carbocycles. The SMILES string of the molecule is Ic1ccc(-c2cnc(CNCC3CC3)[nH]2)cc1. The molecule has 0 radical (unpaired) electrons. The molecule has 2 aromatic rings. The Balaban J connectivity index is 1.62. The predicted molar refractivity (Wildman–Crippen MR) is 81.2 cm³/mol. The third kappa shape index (κ3) is 3.11. The van der Waals surface area contributed by atoms with Crippen molar-refractivity contribution in [3.63, 3.8) is 0 Å². The van der Waals surface area contributed by atoms with Crippen molar-refractivity contribution in [1.82, 2.24) is 15.3 Å². The van der Waals surface area contributed by atoms with Crippen molar-refractivity contribution in [3.8, 4) is 11.3 Å². The molecule has 4 heteroatoms. The highest BCUT2D eigenvalue weighted by Crippen LogP contribution is 2.27. The van der Waals surface area contributed by atoms with Crippen LogP contribution < -0.4 is 5.32 Å². The molecule has 0 bridgehead atoms. The van der Waals surface area contributed by atoms with E-state index in [4.69, 9.17) is 0 Å². The third-order valence-electron chi connectivity index (χ3n) is 3.21. The number of aromatic nitrogens is 2. The van der Waals surface area contributed by atoms with Crippen molar-refractivity contribution < 1.29 is 0 Å². The quantitative estimate of drug-likeness (QED) is 0.811. The van der Waals surface area contributed by atoms with Crippen LogP contribution in [-0.4, -0.2) is 16.5 Å². The summed E-state index contributed by atoms with van der Waals surface area (Å²) in [6, 6.07) is 8.47. The first-order valence-corrected chi connectivity index (χ1v) is 7.39. The van der Waals surface area contributed by atoms with E-state index in [2.05, 4.69) is 62.1 Å². The van der Waals surface area contributed by atoms with E-state index in [0.717, 1.165) is 30.5 Å². The largest absolute Gasteiger partial charge is 0.341 e. The molecule has 0 unspecified atom stereocenters. The zero-order chi connectivity index (χ0) is 12.4. The van der Waals surface area contributed by atoms with Crippen LogP contribution in [0.1, 0.15) is 18.7 Å². The van der Waals surface area contributed by atoms with E-state index in [1.165, 1.54) is 22.0 Å². The smallest absolute Gasteiger partial charge is 0.120 e. The number of halogens is 1. The van der Waals surface area contributed by atoms with Crippen LogP contribution in [0, 0.1) is 9.49 Å². The minimum Gasteiger partial charge on any atom is -0.341 e. The summed E-state index contributed by atoms with van der Waals surface area (Å²) in [5.41, 5.74) is 2.28. The average Bonchev–Trinajstić information content (AvgIpc) is 3.08. The van der Waals surface area contributed by atoms with E-state index in [1.807, 2.05) is 6.20 Å². The third-order valence-corrected chi connectivity index (χ3v) is 3.93. The lowest BCUT2D eigenvalue weighted by molar-refractivity contribution is 0.623. The van der Waals surface area contributed by atoms with Gasteiger partial charge in [0, 0.05) is 3.57 Å². The van der Waals surface area contributed by atoms with E-state index in [-0.39, 0.29) is 0 Å². The van der Waals surface area contributed by atoms with Gasteiger partial charge in [-0.3, -0.25) is 0 Å². The first kappa shape index (κ1) is 12.2. The van der Waals surface area contributed by atoms with Crippen molar-refractivity contribution in [2.45, 2.75) is 19.4 Å². The highest BCUT2D eigenvalue weighted by atomic mass is 127. The zero-order valence-corrected chi connectivity index (χ0v) is 12.3. The molecule has 0 saturated heterocycles. The molecule has 1 aromatic carbocycles. The van der Waals surface area contributed by atoms with Gasteiger partial charge in [0.15, 0.2) is 0 Å². The van der Waals surface area contributed by atoms with E-state index in [9.17, 15) is 0 Å². The van der Waals surface area contributed by atoms with Crippen molar-refractivity contribution in [2.75, 3.05) is 6.54 Å². The highest BCUT2D eigenvalue weighted by Gasteiger charge is 2.20. The Bertz CT molecular complexity index is 514. The summed E-state index contributed by atoms with van der Waals surface area (Å²) in [6.45, 7) is 1.96. The Morgan fingerprint density at radius 2 is 2.06 bits per heavy atom. The van der Waals surface area contributed by atoms with Gasteiger partial charge >= 0.3 is 0 Å². The summed E-state index contributed by atoms with van der Waals surface area (Å²) >= 11 is 2.32. The Morgan fingerprint density at radius 1 is 1.28 bits per heavy atom. The maximum Gasteiger partial charge on any atom is 0.120 e.